The van der Waals surface area contributed by atoms with Crippen LogP contribution in [0.2, 0.25) is 0 Å². The van der Waals surface area contributed by atoms with Crippen LogP contribution in [0.1, 0.15) is 18.5 Å². The van der Waals surface area contributed by atoms with Gasteiger partial charge in [0.15, 0.2) is 0 Å². The van der Waals surface area contributed by atoms with Crippen LogP contribution in [0.25, 0.3) is 0 Å². The molecule has 0 aromatic carbocycles. The van der Waals surface area contributed by atoms with Crippen LogP contribution in [0.3, 0.4) is 0 Å². The Labute approximate surface area is 102 Å². The number of pyridine rings is 1. The maximum absolute atomic E-state index is 4.62. The van der Waals surface area contributed by atoms with Crippen LogP contribution in [0, 0.1) is 17.8 Å². The molecule has 1 N–H and O–H groups in total. The molecule has 0 atom stereocenters. The molecule has 2 aliphatic rings. The van der Waals surface area contributed by atoms with Crippen LogP contribution in [-0.4, -0.2) is 31.2 Å². The highest BCUT2D eigenvalue weighted by atomic mass is 15.2. The van der Waals surface area contributed by atoms with Crippen molar-refractivity contribution in [1.29, 1.82) is 0 Å². The van der Waals surface area contributed by atoms with Gasteiger partial charge in [-0.15, -0.1) is 0 Å². The van der Waals surface area contributed by atoms with Crippen molar-refractivity contribution in [2.45, 2.75) is 12.8 Å². The van der Waals surface area contributed by atoms with E-state index in [1.807, 2.05) is 6.07 Å². The fourth-order valence-corrected chi connectivity index (χ4v) is 1.97. The molecule has 3 rings (SSSR count). The van der Waals surface area contributed by atoms with Crippen molar-refractivity contribution < 1.29 is 0 Å². The maximum Gasteiger partial charge on any atom is 0.130 e. The predicted molar refractivity (Wildman–Crippen MR) is 68.9 cm³/mol. The fourth-order valence-electron chi connectivity index (χ4n) is 1.97. The number of hydrogen-bond donors (Lipinski definition) is 1. The average molecular weight is 227 g/mol. The van der Waals surface area contributed by atoms with Crippen LogP contribution < -0.4 is 10.2 Å². The minimum atomic E-state index is 0.639. The number of hydrogen-bond acceptors (Lipinski definition) is 3. The zero-order valence-electron chi connectivity index (χ0n) is 9.95. The highest BCUT2D eigenvalue weighted by Gasteiger charge is 2.17. The minimum Gasteiger partial charge on any atom is -0.354 e. The Morgan fingerprint density at radius 2 is 2.06 bits per heavy atom. The standard InChI is InChI=1S/C14H17N3/c1-2-13(7-6-12-4-5-12)16-14(3-1)17-10-8-15-9-11-17/h1-3,12,15H,4-5,8-11H2. The summed E-state index contributed by atoms with van der Waals surface area (Å²) >= 11 is 0. The Balaban J connectivity index is 1.75. The third-order valence-corrected chi connectivity index (χ3v) is 3.16. The minimum absolute atomic E-state index is 0.639. The quantitative estimate of drug-likeness (QED) is 0.732. The molecule has 0 bridgehead atoms. The molecular formula is C14H17N3. The van der Waals surface area contributed by atoms with Crippen molar-refractivity contribution in [2.24, 2.45) is 5.92 Å². The predicted octanol–water partition coefficient (Wildman–Crippen LogP) is 1.25. The first kappa shape index (κ1) is 10.6. The van der Waals surface area contributed by atoms with Gasteiger partial charge in [0.05, 0.1) is 0 Å². The van der Waals surface area contributed by atoms with E-state index < -0.39 is 0 Å². The van der Waals surface area contributed by atoms with Gasteiger partial charge in [-0.05, 0) is 30.9 Å². The van der Waals surface area contributed by atoms with Crippen LogP contribution in [0.15, 0.2) is 18.2 Å². The second kappa shape index (κ2) is 4.77. The molecule has 1 saturated heterocycles. The Morgan fingerprint density at radius 1 is 1.24 bits per heavy atom. The third-order valence-electron chi connectivity index (χ3n) is 3.16. The van der Waals surface area contributed by atoms with Crippen LogP contribution in [0.4, 0.5) is 5.82 Å². The topological polar surface area (TPSA) is 28.2 Å². The molecule has 1 aliphatic heterocycles. The molecule has 0 spiro atoms. The highest BCUT2D eigenvalue weighted by Crippen LogP contribution is 2.27. The monoisotopic (exact) mass is 227 g/mol. The fraction of sp³-hybridized carbons (Fsp3) is 0.500. The SMILES string of the molecule is C(#CC1CC1)c1cccc(N2CCNCC2)n1. The van der Waals surface area contributed by atoms with Gasteiger partial charge in [0.1, 0.15) is 11.5 Å². The molecule has 1 saturated carbocycles. The summed E-state index contributed by atoms with van der Waals surface area (Å²) in [4.78, 5) is 6.94. The molecule has 1 aliphatic carbocycles. The third kappa shape index (κ3) is 2.78. The molecule has 3 heteroatoms. The van der Waals surface area contributed by atoms with Gasteiger partial charge < -0.3 is 10.2 Å². The average Bonchev–Trinajstić information content (AvgIpc) is 3.22. The molecule has 17 heavy (non-hydrogen) atoms. The zero-order chi connectivity index (χ0) is 11.5. The van der Waals surface area contributed by atoms with Crippen molar-refractivity contribution in [3.05, 3.63) is 23.9 Å². The van der Waals surface area contributed by atoms with Gasteiger partial charge in [0.25, 0.3) is 0 Å². The zero-order valence-corrected chi connectivity index (χ0v) is 9.95. The molecule has 2 heterocycles. The van der Waals surface area contributed by atoms with Gasteiger partial charge in [0, 0.05) is 32.1 Å². The molecule has 0 radical (unpaired) electrons. The highest BCUT2D eigenvalue weighted by molar-refractivity contribution is 5.43. The summed E-state index contributed by atoms with van der Waals surface area (Å²) in [5, 5.41) is 3.35. The van der Waals surface area contributed by atoms with E-state index in [0.717, 1.165) is 37.7 Å². The molecule has 2 fully saturated rings. The Hall–Kier alpha value is -1.53. The van der Waals surface area contributed by atoms with Gasteiger partial charge in [-0.25, -0.2) is 4.98 Å². The van der Waals surface area contributed by atoms with Gasteiger partial charge in [-0.2, -0.15) is 0 Å². The lowest BCUT2D eigenvalue weighted by Crippen LogP contribution is -2.43. The van der Waals surface area contributed by atoms with E-state index in [4.69, 9.17) is 0 Å². The summed E-state index contributed by atoms with van der Waals surface area (Å²) in [7, 11) is 0. The number of anilines is 1. The van der Waals surface area contributed by atoms with Crippen molar-refractivity contribution in [3.8, 4) is 11.8 Å². The Morgan fingerprint density at radius 3 is 2.82 bits per heavy atom. The van der Waals surface area contributed by atoms with Crippen molar-refractivity contribution >= 4 is 5.82 Å². The first-order chi connectivity index (χ1) is 8.42. The summed E-state index contributed by atoms with van der Waals surface area (Å²) in [5.41, 5.74) is 0.910. The molecular weight excluding hydrogens is 210 g/mol. The number of piperazine rings is 1. The maximum atomic E-state index is 4.62. The number of aromatic nitrogens is 1. The smallest absolute Gasteiger partial charge is 0.130 e. The van der Waals surface area contributed by atoms with Gasteiger partial charge in [0.2, 0.25) is 0 Å². The van der Waals surface area contributed by atoms with Crippen LogP contribution >= 0.6 is 0 Å². The first-order valence-corrected chi connectivity index (χ1v) is 6.36. The van der Waals surface area contributed by atoms with Gasteiger partial charge in [-0.1, -0.05) is 12.0 Å². The summed E-state index contributed by atoms with van der Waals surface area (Å²) < 4.78 is 0. The van der Waals surface area contributed by atoms with Crippen LogP contribution in [0.5, 0.6) is 0 Å². The van der Waals surface area contributed by atoms with Crippen molar-refractivity contribution in [3.63, 3.8) is 0 Å². The summed E-state index contributed by atoms with van der Waals surface area (Å²) in [5.74, 6) is 8.14. The molecule has 88 valence electrons. The normalized spacial score (nSPS) is 19.6. The van der Waals surface area contributed by atoms with E-state index in [2.05, 4.69) is 39.2 Å². The summed E-state index contributed by atoms with van der Waals surface area (Å²) in [6.07, 6.45) is 2.54. The largest absolute Gasteiger partial charge is 0.354 e. The van der Waals surface area contributed by atoms with E-state index >= 15 is 0 Å². The van der Waals surface area contributed by atoms with E-state index in [1.54, 1.807) is 0 Å². The second-order valence-corrected chi connectivity index (χ2v) is 4.66. The first-order valence-electron chi connectivity index (χ1n) is 6.36. The molecule has 1 aromatic heterocycles. The molecule has 0 amide bonds. The number of rotatable bonds is 1. The van der Waals surface area contributed by atoms with E-state index in [9.17, 15) is 0 Å². The Kier molecular flexibility index (Phi) is 2.98. The molecule has 3 nitrogen and oxygen atoms in total. The van der Waals surface area contributed by atoms with E-state index in [-0.39, 0.29) is 0 Å². The molecule has 1 aromatic rings. The van der Waals surface area contributed by atoms with Crippen molar-refractivity contribution in [1.82, 2.24) is 10.3 Å². The van der Waals surface area contributed by atoms with Crippen molar-refractivity contribution in [2.75, 3.05) is 31.1 Å². The van der Waals surface area contributed by atoms with E-state index in [0.29, 0.717) is 5.92 Å². The summed E-state index contributed by atoms with van der Waals surface area (Å²) in [6.45, 7) is 4.15. The lowest BCUT2D eigenvalue weighted by molar-refractivity contribution is 0.585. The lowest BCUT2D eigenvalue weighted by Gasteiger charge is -2.28. The summed E-state index contributed by atoms with van der Waals surface area (Å²) in [6, 6.07) is 6.13. The number of nitrogens with one attached hydrogen (secondary N) is 1. The molecule has 0 unspecified atom stereocenters. The lowest BCUT2D eigenvalue weighted by atomic mass is 10.3. The van der Waals surface area contributed by atoms with Crippen LogP contribution in [-0.2, 0) is 0 Å². The Bertz CT molecular complexity index is 448. The van der Waals surface area contributed by atoms with E-state index in [1.165, 1.54) is 12.8 Å². The van der Waals surface area contributed by atoms with Gasteiger partial charge in [-0.3, -0.25) is 0 Å². The number of nitrogens with zero attached hydrogens (tertiary/aromatic N) is 2. The second-order valence-electron chi connectivity index (χ2n) is 4.66. The van der Waals surface area contributed by atoms with Gasteiger partial charge >= 0.3 is 0 Å².